The zero-order valence-electron chi connectivity index (χ0n) is 35.7. The summed E-state index contributed by atoms with van der Waals surface area (Å²) in [5.74, 6) is -4.39. The average molecular weight is 828 g/mol. The Morgan fingerprint density at radius 3 is 2.28 bits per heavy atom. The molecule has 322 valence electrons. The molecule has 0 saturated carbocycles. The van der Waals surface area contributed by atoms with Crippen molar-refractivity contribution in [3.8, 4) is 0 Å². The molecule has 1 aromatic heterocycles. The number of esters is 2. The number of nitrogens with one attached hydrogen (secondary N) is 2. The number of amides is 3. The van der Waals surface area contributed by atoms with E-state index in [0.29, 0.717) is 24.3 Å². The number of ether oxygens (including phenoxy) is 2. The van der Waals surface area contributed by atoms with Crippen LogP contribution in [0.5, 0.6) is 0 Å². The van der Waals surface area contributed by atoms with Gasteiger partial charge in [-0.3, -0.25) is 33.7 Å². The molecular weight excluding hydrogens is 763 g/mol. The number of carbonyl (C=O) groups is 6. The van der Waals surface area contributed by atoms with Crippen LogP contribution in [0.25, 0.3) is 0 Å². The van der Waals surface area contributed by atoms with Crippen molar-refractivity contribution in [1.82, 2.24) is 25.4 Å². The first-order valence-electron chi connectivity index (χ1n) is 20.6. The number of nitrogens with zero attached hydrogens (tertiary/aromatic N) is 3. The van der Waals surface area contributed by atoms with E-state index < -0.39 is 59.9 Å². The van der Waals surface area contributed by atoms with Crippen LogP contribution in [0.4, 0.5) is 0 Å². The van der Waals surface area contributed by atoms with E-state index >= 15 is 0 Å². The van der Waals surface area contributed by atoms with Crippen molar-refractivity contribution in [3.63, 3.8) is 0 Å². The molecule has 1 fully saturated rings. The Morgan fingerprint density at radius 2 is 1.69 bits per heavy atom. The summed E-state index contributed by atoms with van der Waals surface area (Å²) in [5, 5.41) is 17.5. The molecule has 1 aromatic carbocycles. The highest BCUT2D eigenvalue weighted by Crippen LogP contribution is 2.32. The summed E-state index contributed by atoms with van der Waals surface area (Å²) in [7, 11) is 1.91. The maximum atomic E-state index is 14.8. The van der Waals surface area contributed by atoms with E-state index in [-0.39, 0.29) is 61.4 Å². The van der Waals surface area contributed by atoms with Crippen LogP contribution >= 0.6 is 11.3 Å². The van der Waals surface area contributed by atoms with Gasteiger partial charge in [-0.15, -0.1) is 11.3 Å². The zero-order chi connectivity index (χ0) is 43.1. The highest BCUT2D eigenvalue weighted by atomic mass is 32.1. The van der Waals surface area contributed by atoms with Gasteiger partial charge in [-0.2, -0.15) is 0 Å². The molecule has 0 unspecified atom stereocenters. The number of likely N-dealkylation sites (tertiary alicyclic amines) is 1. The molecule has 0 bridgehead atoms. The largest absolute Gasteiger partial charge is 0.481 e. The topological polar surface area (TPSA) is 185 Å². The molecule has 58 heavy (non-hydrogen) atoms. The monoisotopic (exact) mass is 827 g/mol. The first-order valence-corrected chi connectivity index (χ1v) is 21.5. The quantitative estimate of drug-likeness (QED) is 0.0934. The molecular formula is C43H65N5O9S. The lowest BCUT2D eigenvalue weighted by Gasteiger charge is -2.39. The van der Waals surface area contributed by atoms with Gasteiger partial charge < -0.3 is 30.1 Å². The summed E-state index contributed by atoms with van der Waals surface area (Å²) in [6.45, 7) is 14.7. The standard InChI is InChI=1S/C43H65N5O9S/c1-10-28(6)38(46-40(52)34-18-14-15-19-47(34)9)42(53)48(25-56-37(50)20-26(2)3)35(27(4)5)23-36(57-30(8)49)41-45-33(24-58-41)39(51)44-32(21-29(7)43(54)55)22-31-16-12-11-13-17-31/h11-13,16-17,24,26-29,32,34-36,38H,10,14-15,18-23,25H2,1-9H3,(H,44,51)(H,46,52)(H,54,55)/t28-,29-,32+,34+,35-,36+,38-/m1/s1. The van der Waals surface area contributed by atoms with Crippen molar-refractivity contribution >= 4 is 47.0 Å². The second-order valence-corrected chi connectivity index (χ2v) is 17.4. The number of rotatable bonds is 22. The molecule has 3 N–H and O–H groups in total. The predicted molar refractivity (Wildman–Crippen MR) is 222 cm³/mol. The van der Waals surface area contributed by atoms with Crippen molar-refractivity contribution < 1.29 is 43.3 Å². The third-order valence-corrected chi connectivity index (χ3v) is 11.7. The lowest BCUT2D eigenvalue weighted by atomic mass is 9.92. The minimum atomic E-state index is -0.988. The van der Waals surface area contributed by atoms with Gasteiger partial charge in [0.05, 0.1) is 12.0 Å². The second-order valence-electron chi connectivity index (χ2n) is 16.5. The number of hydrogen-bond donors (Lipinski definition) is 3. The van der Waals surface area contributed by atoms with Gasteiger partial charge in [-0.05, 0) is 62.6 Å². The van der Waals surface area contributed by atoms with Crippen LogP contribution in [-0.4, -0.2) is 100 Å². The molecule has 3 amide bonds. The first kappa shape index (κ1) is 48.0. The third-order valence-electron chi connectivity index (χ3n) is 10.8. The summed E-state index contributed by atoms with van der Waals surface area (Å²) in [6.07, 6.45) is 3.00. The number of carboxylic acids is 1. The highest BCUT2D eigenvalue weighted by molar-refractivity contribution is 7.09. The number of piperidine rings is 1. The molecule has 14 nitrogen and oxygen atoms in total. The van der Waals surface area contributed by atoms with Crippen LogP contribution < -0.4 is 10.6 Å². The predicted octanol–water partition coefficient (Wildman–Crippen LogP) is 6.00. The van der Waals surface area contributed by atoms with E-state index in [1.807, 2.05) is 83.8 Å². The van der Waals surface area contributed by atoms with Crippen molar-refractivity contribution in [3.05, 3.63) is 52.0 Å². The highest BCUT2D eigenvalue weighted by Gasteiger charge is 2.39. The van der Waals surface area contributed by atoms with E-state index in [9.17, 15) is 33.9 Å². The van der Waals surface area contributed by atoms with Gasteiger partial charge in [-0.1, -0.05) is 91.6 Å². The Morgan fingerprint density at radius 1 is 1.00 bits per heavy atom. The number of aliphatic carboxylic acids is 1. The molecule has 2 heterocycles. The smallest absolute Gasteiger partial charge is 0.307 e. The molecule has 7 atom stereocenters. The number of carbonyl (C=O) groups excluding carboxylic acids is 5. The number of aromatic nitrogens is 1. The lowest BCUT2D eigenvalue weighted by molar-refractivity contribution is -0.161. The normalized spacial score (nSPS) is 17.7. The van der Waals surface area contributed by atoms with E-state index in [0.717, 1.165) is 36.3 Å². The van der Waals surface area contributed by atoms with Crippen LogP contribution in [0.1, 0.15) is 127 Å². The maximum absolute atomic E-state index is 14.8. The zero-order valence-corrected chi connectivity index (χ0v) is 36.5. The van der Waals surface area contributed by atoms with Gasteiger partial charge in [0.25, 0.3) is 5.91 Å². The average Bonchev–Trinajstić information content (AvgIpc) is 3.66. The Kier molecular flexibility index (Phi) is 19.3. The Hall–Kier alpha value is -4.37. The number of carboxylic acid groups (broad SMARTS) is 1. The first-order chi connectivity index (χ1) is 27.4. The molecule has 1 saturated heterocycles. The fourth-order valence-corrected chi connectivity index (χ4v) is 8.01. The van der Waals surface area contributed by atoms with Gasteiger partial charge in [0.15, 0.2) is 12.8 Å². The van der Waals surface area contributed by atoms with Crippen LogP contribution in [0, 0.1) is 23.7 Å². The number of thiazole rings is 1. The van der Waals surface area contributed by atoms with Crippen molar-refractivity contribution in [1.29, 1.82) is 0 Å². The lowest BCUT2D eigenvalue weighted by Crippen LogP contribution is -2.59. The summed E-state index contributed by atoms with van der Waals surface area (Å²) < 4.78 is 11.6. The summed E-state index contributed by atoms with van der Waals surface area (Å²) in [6, 6.07) is 6.99. The minimum absolute atomic E-state index is 0.0241. The molecule has 2 aromatic rings. The number of likely N-dealkylation sites (N-methyl/N-ethyl adjacent to an activating group) is 1. The van der Waals surface area contributed by atoms with E-state index in [2.05, 4.69) is 15.6 Å². The van der Waals surface area contributed by atoms with E-state index in [1.165, 1.54) is 11.8 Å². The van der Waals surface area contributed by atoms with Crippen molar-refractivity contribution in [2.75, 3.05) is 20.3 Å². The maximum Gasteiger partial charge on any atom is 0.307 e. The van der Waals surface area contributed by atoms with Crippen LogP contribution in [-0.2, 0) is 39.9 Å². The van der Waals surface area contributed by atoms with Gasteiger partial charge in [0.2, 0.25) is 11.8 Å². The van der Waals surface area contributed by atoms with Crippen molar-refractivity contribution in [2.45, 2.75) is 137 Å². The Labute approximate surface area is 347 Å². The van der Waals surface area contributed by atoms with Gasteiger partial charge in [0, 0.05) is 37.2 Å². The molecule has 1 aliphatic rings. The van der Waals surface area contributed by atoms with E-state index in [1.54, 1.807) is 12.3 Å². The van der Waals surface area contributed by atoms with Gasteiger partial charge in [-0.25, -0.2) is 4.98 Å². The van der Waals surface area contributed by atoms with Gasteiger partial charge >= 0.3 is 17.9 Å². The molecule has 15 heteroatoms. The van der Waals surface area contributed by atoms with Crippen LogP contribution in [0.2, 0.25) is 0 Å². The van der Waals surface area contributed by atoms with E-state index in [4.69, 9.17) is 9.47 Å². The fourth-order valence-electron chi connectivity index (χ4n) is 7.17. The molecule has 0 aliphatic carbocycles. The molecule has 0 radical (unpaired) electrons. The Balaban J connectivity index is 1.96. The molecule has 3 rings (SSSR count). The van der Waals surface area contributed by atoms with Crippen molar-refractivity contribution in [2.24, 2.45) is 23.7 Å². The fraction of sp³-hybridized carbons (Fsp3) is 0.651. The minimum Gasteiger partial charge on any atom is -0.481 e. The molecule has 0 spiro atoms. The SMILES string of the molecule is CC[C@@H](C)[C@@H](NC(=O)[C@@H]1CCCCN1C)C(=O)N(COC(=O)CC(C)C)[C@H](C[C@H](OC(C)=O)c1nc(C(=O)N[C@H](Cc2ccccc2)C[C@@H](C)C(=O)O)cs1)C(C)C. The second kappa shape index (κ2) is 23.3. The Bertz CT molecular complexity index is 1670. The van der Waals surface area contributed by atoms with Crippen LogP contribution in [0.3, 0.4) is 0 Å². The third kappa shape index (κ3) is 14.8. The van der Waals surface area contributed by atoms with Gasteiger partial charge in [0.1, 0.15) is 16.7 Å². The summed E-state index contributed by atoms with van der Waals surface area (Å²) in [4.78, 5) is 87.4. The summed E-state index contributed by atoms with van der Waals surface area (Å²) in [5.41, 5.74) is 1.01. The number of benzene rings is 1. The summed E-state index contributed by atoms with van der Waals surface area (Å²) >= 11 is 1.12. The number of hydrogen-bond acceptors (Lipinski definition) is 11. The molecule has 1 aliphatic heterocycles. The van der Waals surface area contributed by atoms with Crippen LogP contribution in [0.15, 0.2) is 35.7 Å².